The second-order valence-electron chi connectivity index (χ2n) is 5.44. The lowest BCUT2D eigenvalue weighted by atomic mass is 9.95. The molecule has 0 unspecified atom stereocenters. The Morgan fingerprint density at radius 3 is 2.81 bits per heavy atom. The summed E-state index contributed by atoms with van der Waals surface area (Å²) in [5, 5.41) is 2.94. The molecule has 1 aliphatic rings. The summed E-state index contributed by atoms with van der Waals surface area (Å²) >= 11 is 0. The van der Waals surface area contributed by atoms with Gasteiger partial charge >= 0.3 is 0 Å². The van der Waals surface area contributed by atoms with Crippen molar-refractivity contribution in [2.24, 2.45) is 0 Å². The third kappa shape index (κ3) is 3.12. The molecule has 110 valence electrons. The first-order chi connectivity index (χ1) is 10.2. The number of amides is 1. The van der Waals surface area contributed by atoms with E-state index in [-0.39, 0.29) is 17.5 Å². The molecule has 1 aliphatic carbocycles. The lowest BCUT2D eigenvalue weighted by molar-refractivity contribution is 0.0923. The number of rotatable bonds is 3. The average molecular weight is 287 g/mol. The minimum Gasteiger partial charge on any atom is -0.349 e. The highest BCUT2D eigenvalue weighted by Crippen LogP contribution is 2.19. The number of hydrogen-bond donors (Lipinski definition) is 1. The smallest absolute Gasteiger partial charge is 0.254 e. The van der Waals surface area contributed by atoms with Gasteiger partial charge in [-0.1, -0.05) is 19.3 Å². The van der Waals surface area contributed by atoms with E-state index in [9.17, 15) is 9.18 Å². The van der Waals surface area contributed by atoms with E-state index in [0.29, 0.717) is 0 Å². The average Bonchev–Trinajstić information content (AvgIpc) is 3.03. The maximum atomic E-state index is 13.9. The predicted octanol–water partition coefficient (Wildman–Crippen LogP) is 3.07. The van der Waals surface area contributed by atoms with Crippen molar-refractivity contribution in [3.63, 3.8) is 0 Å². The molecule has 0 bridgehead atoms. The SMILES string of the molecule is O=C(NC1CCCCC1)c1cc(-n2ccnc2)ccc1F. The normalized spacial score (nSPS) is 15.9. The Morgan fingerprint density at radius 1 is 1.29 bits per heavy atom. The third-order valence-electron chi connectivity index (χ3n) is 3.94. The monoisotopic (exact) mass is 287 g/mol. The largest absolute Gasteiger partial charge is 0.349 e. The number of nitrogens with zero attached hydrogens (tertiary/aromatic N) is 2. The fourth-order valence-corrected chi connectivity index (χ4v) is 2.77. The lowest BCUT2D eigenvalue weighted by Crippen LogP contribution is -2.36. The molecule has 0 spiro atoms. The van der Waals surface area contributed by atoms with E-state index in [2.05, 4.69) is 10.3 Å². The molecule has 1 N–H and O–H groups in total. The molecule has 0 aliphatic heterocycles. The Kier molecular flexibility index (Phi) is 3.99. The summed E-state index contributed by atoms with van der Waals surface area (Å²) in [6, 6.07) is 4.69. The molecule has 1 heterocycles. The molecule has 1 aromatic carbocycles. The molecule has 0 saturated heterocycles. The summed E-state index contributed by atoms with van der Waals surface area (Å²) in [5.41, 5.74) is 0.814. The van der Waals surface area contributed by atoms with Gasteiger partial charge in [0.05, 0.1) is 11.9 Å². The van der Waals surface area contributed by atoms with Crippen molar-refractivity contribution in [2.45, 2.75) is 38.1 Å². The van der Waals surface area contributed by atoms with Crippen LogP contribution in [0.25, 0.3) is 5.69 Å². The summed E-state index contributed by atoms with van der Waals surface area (Å²) in [7, 11) is 0. The standard InChI is InChI=1S/C16H18FN3O/c17-15-7-6-13(20-9-8-18-11-20)10-14(15)16(21)19-12-4-2-1-3-5-12/h6-12H,1-5H2,(H,19,21). The topological polar surface area (TPSA) is 46.9 Å². The molecule has 1 amide bonds. The Balaban J connectivity index is 1.80. The predicted molar refractivity (Wildman–Crippen MR) is 77.9 cm³/mol. The molecule has 1 saturated carbocycles. The van der Waals surface area contributed by atoms with Crippen molar-refractivity contribution in [3.8, 4) is 5.69 Å². The molecule has 0 radical (unpaired) electrons. The molecule has 21 heavy (non-hydrogen) atoms. The van der Waals surface area contributed by atoms with Crippen molar-refractivity contribution in [3.05, 3.63) is 48.3 Å². The van der Waals surface area contributed by atoms with E-state index in [4.69, 9.17) is 0 Å². The van der Waals surface area contributed by atoms with Crippen LogP contribution in [0.4, 0.5) is 4.39 Å². The summed E-state index contributed by atoms with van der Waals surface area (Å²) in [5.74, 6) is -0.825. The van der Waals surface area contributed by atoms with Gasteiger partial charge in [-0.2, -0.15) is 0 Å². The van der Waals surface area contributed by atoms with Crippen LogP contribution < -0.4 is 5.32 Å². The summed E-state index contributed by atoms with van der Waals surface area (Å²) in [4.78, 5) is 16.2. The van der Waals surface area contributed by atoms with Gasteiger partial charge in [0.15, 0.2) is 0 Å². The van der Waals surface area contributed by atoms with E-state index in [1.165, 1.54) is 12.5 Å². The Morgan fingerprint density at radius 2 is 2.10 bits per heavy atom. The van der Waals surface area contributed by atoms with Crippen molar-refractivity contribution >= 4 is 5.91 Å². The molecule has 0 atom stereocenters. The van der Waals surface area contributed by atoms with Crippen LogP contribution >= 0.6 is 0 Å². The maximum absolute atomic E-state index is 13.9. The van der Waals surface area contributed by atoms with Crippen LogP contribution in [0.5, 0.6) is 0 Å². The number of benzene rings is 1. The zero-order chi connectivity index (χ0) is 14.7. The zero-order valence-electron chi connectivity index (χ0n) is 11.8. The third-order valence-corrected chi connectivity index (χ3v) is 3.94. The number of hydrogen-bond acceptors (Lipinski definition) is 2. The number of imidazole rings is 1. The molecular formula is C16H18FN3O. The Labute approximate surface area is 123 Å². The van der Waals surface area contributed by atoms with Crippen LogP contribution in [0.2, 0.25) is 0 Å². The van der Waals surface area contributed by atoms with Gasteiger partial charge in [0.1, 0.15) is 5.82 Å². The first-order valence-electron chi connectivity index (χ1n) is 7.33. The molecule has 1 aromatic heterocycles. The second-order valence-corrected chi connectivity index (χ2v) is 5.44. The van der Waals surface area contributed by atoms with Gasteiger partial charge in [0.25, 0.3) is 5.91 Å². The summed E-state index contributed by atoms with van der Waals surface area (Å²) in [6.45, 7) is 0. The number of carbonyl (C=O) groups excluding carboxylic acids is 1. The fourth-order valence-electron chi connectivity index (χ4n) is 2.77. The molecule has 5 heteroatoms. The quantitative estimate of drug-likeness (QED) is 0.943. The van der Waals surface area contributed by atoms with Crippen LogP contribution in [0.15, 0.2) is 36.9 Å². The lowest BCUT2D eigenvalue weighted by Gasteiger charge is -2.23. The first kappa shape index (κ1) is 13.8. The van der Waals surface area contributed by atoms with Crippen molar-refractivity contribution in [1.82, 2.24) is 14.9 Å². The first-order valence-corrected chi connectivity index (χ1v) is 7.33. The Hall–Kier alpha value is -2.17. The summed E-state index contributed by atoms with van der Waals surface area (Å²) in [6.07, 6.45) is 10.5. The fraction of sp³-hybridized carbons (Fsp3) is 0.375. The second kappa shape index (κ2) is 6.08. The van der Waals surface area contributed by atoms with Gasteiger partial charge < -0.3 is 9.88 Å². The van der Waals surface area contributed by atoms with Crippen molar-refractivity contribution < 1.29 is 9.18 Å². The molecular weight excluding hydrogens is 269 g/mol. The highest BCUT2D eigenvalue weighted by Gasteiger charge is 2.19. The van der Waals surface area contributed by atoms with Crippen LogP contribution in [-0.2, 0) is 0 Å². The number of aromatic nitrogens is 2. The highest BCUT2D eigenvalue weighted by atomic mass is 19.1. The molecule has 2 aromatic rings. The van der Waals surface area contributed by atoms with E-state index < -0.39 is 5.82 Å². The molecule has 3 rings (SSSR count). The van der Waals surface area contributed by atoms with Crippen molar-refractivity contribution in [2.75, 3.05) is 0 Å². The van der Waals surface area contributed by atoms with E-state index >= 15 is 0 Å². The van der Waals surface area contributed by atoms with E-state index in [1.807, 2.05) is 0 Å². The summed E-state index contributed by atoms with van der Waals surface area (Å²) < 4.78 is 15.7. The van der Waals surface area contributed by atoms with E-state index in [1.54, 1.807) is 35.4 Å². The number of nitrogens with one attached hydrogen (secondary N) is 1. The van der Waals surface area contributed by atoms with Gasteiger partial charge in [-0.05, 0) is 31.0 Å². The minimum atomic E-state index is -0.493. The Bertz CT molecular complexity index is 618. The van der Waals surface area contributed by atoms with Gasteiger partial charge in [-0.15, -0.1) is 0 Å². The van der Waals surface area contributed by atoms with E-state index in [0.717, 1.165) is 31.4 Å². The molecule has 4 nitrogen and oxygen atoms in total. The number of carbonyl (C=O) groups is 1. The van der Waals surface area contributed by atoms with Crippen LogP contribution in [0.3, 0.4) is 0 Å². The van der Waals surface area contributed by atoms with Gasteiger partial charge in [-0.3, -0.25) is 4.79 Å². The van der Waals surface area contributed by atoms with Gasteiger partial charge in [-0.25, -0.2) is 9.37 Å². The zero-order valence-corrected chi connectivity index (χ0v) is 11.8. The highest BCUT2D eigenvalue weighted by molar-refractivity contribution is 5.95. The van der Waals surface area contributed by atoms with Crippen LogP contribution in [0, 0.1) is 5.82 Å². The number of halogens is 1. The molecule has 1 fully saturated rings. The van der Waals surface area contributed by atoms with Gasteiger partial charge in [0, 0.05) is 24.1 Å². The minimum absolute atomic E-state index is 0.0896. The van der Waals surface area contributed by atoms with Gasteiger partial charge in [0.2, 0.25) is 0 Å². The van der Waals surface area contributed by atoms with Crippen molar-refractivity contribution in [1.29, 1.82) is 0 Å². The maximum Gasteiger partial charge on any atom is 0.254 e. The van der Waals surface area contributed by atoms with Crippen LogP contribution in [-0.4, -0.2) is 21.5 Å². The van der Waals surface area contributed by atoms with Crippen LogP contribution in [0.1, 0.15) is 42.5 Å².